The summed E-state index contributed by atoms with van der Waals surface area (Å²) in [5.41, 5.74) is 7.46. The van der Waals surface area contributed by atoms with Crippen LogP contribution >= 0.6 is 0 Å². The number of aryl methyl sites for hydroxylation is 1. The lowest BCUT2D eigenvalue weighted by Gasteiger charge is -2.17. The standard InChI is InChI=1S/C12H20N6/c1-5-17-7-8(6-15-17)9-10(13)18(14)11(16-9)12(2,3)4/h6-7H,5,13-14H2,1-4H3. The van der Waals surface area contributed by atoms with Gasteiger partial charge in [0.05, 0.1) is 6.20 Å². The number of hydrogen-bond donors (Lipinski definition) is 2. The first-order valence-electron chi connectivity index (χ1n) is 6.01. The van der Waals surface area contributed by atoms with Crippen molar-refractivity contribution < 1.29 is 0 Å². The van der Waals surface area contributed by atoms with E-state index in [-0.39, 0.29) is 5.41 Å². The molecule has 18 heavy (non-hydrogen) atoms. The Bertz CT molecular complexity index is 558. The van der Waals surface area contributed by atoms with Crippen LogP contribution in [0, 0.1) is 0 Å². The lowest BCUT2D eigenvalue weighted by molar-refractivity contribution is 0.532. The van der Waals surface area contributed by atoms with Crippen LogP contribution in [0.1, 0.15) is 33.5 Å². The van der Waals surface area contributed by atoms with Crippen LogP contribution in [0.15, 0.2) is 12.4 Å². The van der Waals surface area contributed by atoms with Crippen molar-refractivity contribution in [2.24, 2.45) is 0 Å². The van der Waals surface area contributed by atoms with Crippen molar-refractivity contribution in [1.82, 2.24) is 19.4 Å². The van der Waals surface area contributed by atoms with E-state index in [0.29, 0.717) is 11.5 Å². The Morgan fingerprint density at radius 3 is 2.44 bits per heavy atom. The lowest BCUT2D eigenvalue weighted by atomic mass is 9.96. The molecule has 0 radical (unpaired) electrons. The Morgan fingerprint density at radius 2 is 2.00 bits per heavy atom. The number of imidazole rings is 1. The summed E-state index contributed by atoms with van der Waals surface area (Å²) in [5.74, 6) is 7.20. The average Bonchev–Trinajstić information content (AvgIpc) is 2.85. The Labute approximate surface area is 107 Å². The van der Waals surface area contributed by atoms with Gasteiger partial charge in [-0.2, -0.15) is 5.10 Å². The summed E-state index contributed by atoms with van der Waals surface area (Å²) in [4.78, 5) is 4.56. The fourth-order valence-corrected chi connectivity index (χ4v) is 1.85. The summed E-state index contributed by atoms with van der Waals surface area (Å²) >= 11 is 0. The van der Waals surface area contributed by atoms with Crippen LogP contribution in [0.4, 0.5) is 5.82 Å². The molecule has 0 atom stereocenters. The first-order valence-corrected chi connectivity index (χ1v) is 6.01. The second kappa shape index (κ2) is 4.04. The minimum atomic E-state index is -0.151. The van der Waals surface area contributed by atoms with Gasteiger partial charge in [0.2, 0.25) is 0 Å². The molecule has 0 amide bonds. The zero-order valence-electron chi connectivity index (χ0n) is 11.3. The minimum absolute atomic E-state index is 0.151. The van der Waals surface area contributed by atoms with Gasteiger partial charge in [-0.25, -0.2) is 9.66 Å². The Morgan fingerprint density at radius 1 is 1.33 bits per heavy atom. The number of aromatic nitrogens is 4. The van der Waals surface area contributed by atoms with Crippen molar-refractivity contribution in [3.8, 4) is 11.3 Å². The summed E-state index contributed by atoms with van der Waals surface area (Å²) in [6.07, 6.45) is 3.68. The van der Waals surface area contributed by atoms with Crippen LogP contribution < -0.4 is 11.6 Å². The van der Waals surface area contributed by atoms with Gasteiger partial charge in [-0.15, -0.1) is 0 Å². The van der Waals surface area contributed by atoms with Gasteiger partial charge in [0.25, 0.3) is 0 Å². The van der Waals surface area contributed by atoms with Crippen LogP contribution in [0.5, 0.6) is 0 Å². The Kier molecular flexibility index (Phi) is 2.80. The third kappa shape index (κ3) is 1.94. The van der Waals surface area contributed by atoms with Crippen LogP contribution in [-0.2, 0) is 12.0 Å². The Balaban J connectivity index is 2.52. The highest BCUT2D eigenvalue weighted by Gasteiger charge is 2.24. The summed E-state index contributed by atoms with van der Waals surface area (Å²) in [7, 11) is 0. The van der Waals surface area contributed by atoms with E-state index in [1.54, 1.807) is 6.20 Å². The van der Waals surface area contributed by atoms with Crippen molar-refractivity contribution in [3.05, 3.63) is 18.2 Å². The molecule has 4 N–H and O–H groups in total. The molecular formula is C12H20N6. The van der Waals surface area contributed by atoms with Gasteiger partial charge in [-0.1, -0.05) is 20.8 Å². The lowest BCUT2D eigenvalue weighted by Crippen LogP contribution is -2.24. The molecule has 98 valence electrons. The SMILES string of the molecule is CCn1cc(-c2nc(C(C)(C)C)n(N)c2N)cn1. The summed E-state index contributed by atoms with van der Waals surface area (Å²) < 4.78 is 3.29. The highest BCUT2D eigenvalue weighted by atomic mass is 15.4. The van der Waals surface area contributed by atoms with E-state index in [1.165, 1.54) is 4.68 Å². The molecule has 2 aromatic rings. The first-order chi connectivity index (χ1) is 8.34. The monoisotopic (exact) mass is 248 g/mol. The fraction of sp³-hybridized carbons (Fsp3) is 0.500. The summed E-state index contributed by atoms with van der Waals surface area (Å²) in [5, 5.41) is 4.22. The zero-order valence-corrected chi connectivity index (χ0v) is 11.3. The van der Waals surface area contributed by atoms with Crippen LogP contribution in [-0.4, -0.2) is 19.4 Å². The first kappa shape index (κ1) is 12.5. The number of nitrogens with two attached hydrogens (primary N) is 2. The molecule has 0 saturated carbocycles. The predicted molar refractivity (Wildman–Crippen MR) is 72.4 cm³/mol. The fourth-order valence-electron chi connectivity index (χ4n) is 1.85. The molecule has 2 aromatic heterocycles. The normalized spacial score (nSPS) is 12.0. The minimum Gasteiger partial charge on any atom is -0.382 e. The molecule has 2 heterocycles. The van der Waals surface area contributed by atoms with Gasteiger partial charge in [-0.05, 0) is 6.92 Å². The predicted octanol–water partition coefficient (Wildman–Crippen LogP) is 1.36. The van der Waals surface area contributed by atoms with Crippen molar-refractivity contribution in [2.75, 3.05) is 11.6 Å². The van der Waals surface area contributed by atoms with Crippen LogP contribution in [0.25, 0.3) is 11.3 Å². The number of hydrogen-bond acceptors (Lipinski definition) is 4. The maximum absolute atomic E-state index is 6.02. The molecule has 0 unspecified atom stereocenters. The molecule has 2 rings (SSSR count). The highest BCUT2D eigenvalue weighted by molar-refractivity contribution is 5.70. The van der Waals surface area contributed by atoms with Crippen molar-refractivity contribution in [3.63, 3.8) is 0 Å². The van der Waals surface area contributed by atoms with Crippen molar-refractivity contribution in [1.29, 1.82) is 0 Å². The van der Waals surface area contributed by atoms with E-state index in [0.717, 1.165) is 17.9 Å². The average molecular weight is 248 g/mol. The Hall–Kier alpha value is -1.98. The zero-order chi connectivity index (χ0) is 13.5. The number of nitrogen functional groups attached to an aromatic ring is 2. The molecule has 6 nitrogen and oxygen atoms in total. The van der Waals surface area contributed by atoms with Gasteiger partial charge in [0, 0.05) is 23.7 Å². The number of anilines is 1. The third-order valence-corrected chi connectivity index (χ3v) is 2.85. The second-order valence-corrected chi connectivity index (χ2v) is 5.37. The number of nitrogens with zero attached hydrogens (tertiary/aromatic N) is 4. The topological polar surface area (TPSA) is 87.7 Å². The number of rotatable bonds is 2. The molecular weight excluding hydrogens is 228 g/mol. The van der Waals surface area contributed by atoms with Crippen LogP contribution in [0.2, 0.25) is 0 Å². The van der Waals surface area contributed by atoms with E-state index in [9.17, 15) is 0 Å². The largest absolute Gasteiger partial charge is 0.382 e. The quantitative estimate of drug-likeness (QED) is 0.785. The summed E-state index contributed by atoms with van der Waals surface area (Å²) in [6.45, 7) is 9.00. The van der Waals surface area contributed by atoms with Crippen molar-refractivity contribution >= 4 is 5.82 Å². The van der Waals surface area contributed by atoms with Gasteiger partial charge >= 0.3 is 0 Å². The smallest absolute Gasteiger partial charge is 0.150 e. The van der Waals surface area contributed by atoms with Gasteiger partial charge in [0.1, 0.15) is 11.5 Å². The molecule has 0 aromatic carbocycles. The molecule has 0 saturated heterocycles. The molecule has 0 aliphatic carbocycles. The van der Waals surface area contributed by atoms with Gasteiger partial charge in [0.15, 0.2) is 5.82 Å². The molecule has 0 aliphatic heterocycles. The van der Waals surface area contributed by atoms with Crippen molar-refractivity contribution in [2.45, 2.75) is 39.7 Å². The molecule has 0 bridgehead atoms. The molecule has 0 spiro atoms. The molecule has 0 fully saturated rings. The van der Waals surface area contributed by atoms with Crippen LogP contribution in [0.3, 0.4) is 0 Å². The highest BCUT2D eigenvalue weighted by Crippen LogP contribution is 2.29. The second-order valence-electron chi connectivity index (χ2n) is 5.37. The maximum atomic E-state index is 6.02. The third-order valence-electron chi connectivity index (χ3n) is 2.85. The van der Waals surface area contributed by atoms with E-state index >= 15 is 0 Å². The molecule has 6 heteroatoms. The summed E-state index contributed by atoms with van der Waals surface area (Å²) in [6, 6.07) is 0. The maximum Gasteiger partial charge on any atom is 0.150 e. The van der Waals surface area contributed by atoms with Gasteiger partial charge in [-0.3, -0.25) is 4.68 Å². The van der Waals surface area contributed by atoms with E-state index in [4.69, 9.17) is 11.6 Å². The molecule has 0 aliphatic rings. The van der Waals surface area contributed by atoms with Gasteiger partial charge < -0.3 is 11.6 Å². The van der Waals surface area contributed by atoms with E-state index in [2.05, 4.69) is 30.9 Å². The van der Waals surface area contributed by atoms with E-state index < -0.39 is 0 Å². The van der Waals surface area contributed by atoms with E-state index in [1.807, 2.05) is 17.8 Å².